The quantitative estimate of drug-likeness (QED) is 0.889. The average molecular weight is 305 g/mol. The number of hydrogen-bond donors (Lipinski definition) is 1. The Balaban J connectivity index is 2.17. The number of aromatic carboxylic acids is 1. The van der Waals surface area contributed by atoms with Crippen molar-refractivity contribution in [3.8, 4) is 0 Å². The molecule has 1 N–H and O–H groups in total. The molecular formula is C14H15N3O5. The van der Waals surface area contributed by atoms with Crippen LogP contribution < -0.4 is 5.56 Å². The summed E-state index contributed by atoms with van der Waals surface area (Å²) in [6, 6.07) is 3.99. The molecule has 0 bridgehead atoms. The van der Waals surface area contributed by atoms with E-state index in [9.17, 15) is 14.4 Å². The van der Waals surface area contributed by atoms with Crippen LogP contribution in [-0.2, 0) is 13.6 Å². The molecule has 0 fully saturated rings. The number of aromatic nitrogens is 2. The molecule has 0 spiro atoms. The molecule has 8 nitrogen and oxygen atoms in total. The summed E-state index contributed by atoms with van der Waals surface area (Å²) >= 11 is 0. The van der Waals surface area contributed by atoms with Gasteiger partial charge in [-0.3, -0.25) is 9.59 Å². The van der Waals surface area contributed by atoms with E-state index in [1.807, 2.05) is 0 Å². The van der Waals surface area contributed by atoms with Crippen molar-refractivity contribution in [2.24, 2.45) is 7.05 Å². The molecule has 1 amide bonds. The molecule has 0 aliphatic rings. The molecule has 0 aliphatic heterocycles. The Morgan fingerprint density at radius 3 is 2.64 bits per heavy atom. The van der Waals surface area contributed by atoms with Crippen molar-refractivity contribution in [2.75, 3.05) is 7.05 Å². The van der Waals surface area contributed by atoms with Crippen LogP contribution in [0.5, 0.6) is 0 Å². The number of carboxylic acids is 1. The molecule has 0 unspecified atom stereocenters. The van der Waals surface area contributed by atoms with Gasteiger partial charge in [-0.15, -0.1) is 0 Å². The van der Waals surface area contributed by atoms with Crippen LogP contribution in [0, 0.1) is 6.92 Å². The molecule has 0 aromatic carbocycles. The number of nitrogens with zero attached hydrogens (tertiary/aromatic N) is 3. The standard InChI is InChI=1S/C14H15N3O5/c1-8-10(14(20)21)6-9(22-8)7-16(2)13(19)11-4-5-12(18)17(3)15-11/h4-6H,7H2,1-3H3,(H,20,21). The van der Waals surface area contributed by atoms with E-state index in [1.54, 1.807) is 6.92 Å². The van der Waals surface area contributed by atoms with E-state index in [2.05, 4.69) is 5.10 Å². The van der Waals surface area contributed by atoms with Gasteiger partial charge >= 0.3 is 5.97 Å². The van der Waals surface area contributed by atoms with E-state index in [1.165, 1.54) is 37.2 Å². The van der Waals surface area contributed by atoms with Crippen molar-refractivity contribution in [3.63, 3.8) is 0 Å². The van der Waals surface area contributed by atoms with Gasteiger partial charge in [0.2, 0.25) is 0 Å². The molecular weight excluding hydrogens is 290 g/mol. The Kier molecular flexibility index (Phi) is 4.11. The summed E-state index contributed by atoms with van der Waals surface area (Å²) in [6.07, 6.45) is 0. The molecule has 0 saturated carbocycles. The predicted octanol–water partition coefficient (Wildman–Crippen LogP) is 0.652. The van der Waals surface area contributed by atoms with Gasteiger partial charge < -0.3 is 14.4 Å². The highest BCUT2D eigenvalue weighted by atomic mass is 16.4. The van der Waals surface area contributed by atoms with Gasteiger partial charge in [0.15, 0.2) is 0 Å². The van der Waals surface area contributed by atoms with E-state index in [-0.39, 0.29) is 29.1 Å². The van der Waals surface area contributed by atoms with E-state index in [4.69, 9.17) is 9.52 Å². The number of hydrogen-bond acceptors (Lipinski definition) is 5. The van der Waals surface area contributed by atoms with Crippen molar-refractivity contribution >= 4 is 11.9 Å². The molecule has 0 radical (unpaired) electrons. The topological polar surface area (TPSA) is 106 Å². The molecule has 2 aromatic rings. The van der Waals surface area contributed by atoms with E-state index < -0.39 is 11.9 Å². The van der Waals surface area contributed by atoms with Crippen LogP contribution in [-0.4, -0.2) is 38.7 Å². The van der Waals surface area contributed by atoms with Crippen molar-refractivity contribution in [1.29, 1.82) is 0 Å². The number of rotatable bonds is 4. The maximum absolute atomic E-state index is 12.2. The molecule has 116 valence electrons. The second-order valence-electron chi connectivity index (χ2n) is 4.83. The first kappa shape index (κ1) is 15.5. The normalized spacial score (nSPS) is 10.5. The van der Waals surface area contributed by atoms with E-state index in [0.29, 0.717) is 5.76 Å². The SMILES string of the molecule is Cc1oc(CN(C)C(=O)c2ccc(=O)n(C)n2)cc1C(=O)O. The zero-order valence-corrected chi connectivity index (χ0v) is 12.4. The van der Waals surface area contributed by atoms with Gasteiger partial charge in [0.25, 0.3) is 11.5 Å². The second-order valence-corrected chi connectivity index (χ2v) is 4.83. The molecule has 2 aromatic heterocycles. The highest BCUT2D eigenvalue weighted by Crippen LogP contribution is 2.16. The maximum atomic E-state index is 12.2. The lowest BCUT2D eigenvalue weighted by molar-refractivity contribution is 0.0694. The lowest BCUT2D eigenvalue weighted by Gasteiger charge is -2.15. The van der Waals surface area contributed by atoms with Gasteiger partial charge in [-0.2, -0.15) is 5.10 Å². The lowest BCUT2D eigenvalue weighted by Crippen LogP contribution is -2.29. The number of aryl methyl sites for hydroxylation is 2. The molecule has 0 aliphatic carbocycles. The van der Waals surface area contributed by atoms with Crippen molar-refractivity contribution in [2.45, 2.75) is 13.5 Å². The van der Waals surface area contributed by atoms with Crippen LogP contribution in [0.2, 0.25) is 0 Å². The second kappa shape index (κ2) is 5.84. The molecule has 22 heavy (non-hydrogen) atoms. The highest BCUT2D eigenvalue weighted by Gasteiger charge is 2.19. The summed E-state index contributed by atoms with van der Waals surface area (Å²) in [5, 5.41) is 12.8. The largest absolute Gasteiger partial charge is 0.478 e. The average Bonchev–Trinajstić information content (AvgIpc) is 2.82. The van der Waals surface area contributed by atoms with E-state index in [0.717, 1.165) is 4.68 Å². The summed E-state index contributed by atoms with van der Waals surface area (Å²) < 4.78 is 6.40. The molecule has 0 saturated heterocycles. The smallest absolute Gasteiger partial charge is 0.339 e. The fourth-order valence-electron chi connectivity index (χ4n) is 1.95. The third-order valence-electron chi connectivity index (χ3n) is 3.12. The van der Waals surface area contributed by atoms with E-state index >= 15 is 0 Å². The first-order valence-corrected chi connectivity index (χ1v) is 6.42. The minimum Gasteiger partial charge on any atom is -0.478 e. The lowest BCUT2D eigenvalue weighted by atomic mass is 10.2. The first-order valence-electron chi connectivity index (χ1n) is 6.42. The predicted molar refractivity (Wildman–Crippen MR) is 75.7 cm³/mol. The van der Waals surface area contributed by atoms with Gasteiger partial charge in [-0.05, 0) is 19.1 Å². The van der Waals surface area contributed by atoms with Crippen molar-refractivity contribution < 1.29 is 19.1 Å². The van der Waals surface area contributed by atoms with Crippen molar-refractivity contribution in [3.05, 3.63) is 51.3 Å². The fourth-order valence-corrected chi connectivity index (χ4v) is 1.95. The van der Waals surface area contributed by atoms with Gasteiger partial charge in [-0.1, -0.05) is 0 Å². The molecule has 8 heteroatoms. The minimum atomic E-state index is -1.08. The van der Waals surface area contributed by atoms with Crippen LogP contribution >= 0.6 is 0 Å². The fraction of sp³-hybridized carbons (Fsp3) is 0.286. The minimum absolute atomic E-state index is 0.0658. The van der Waals surface area contributed by atoms with Gasteiger partial charge in [0, 0.05) is 20.2 Å². The van der Waals surface area contributed by atoms with Crippen LogP contribution in [0.3, 0.4) is 0 Å². The van der Waals surface area contributed by atoms with Crippen molar-refractivity contribution in [1.82, 2.24) is 14.7 Å². The Morgan fingerprint density at radius 2 is 2.09 bits per heavy atom. The summed E-state index contributed by atoms with van der Waals surface area (Å²) in [5.74, 6) is -0.845. The third kappa shape index (κ3) is 3.05. The zero-order chi connectivity index (χ0) is 16.4. The molecule has 2 rings (SSSR count). The maximum Gasteiger partial charge on any atom is 0.339 e. The van der Waals surface area contributed by atoms with Gasteiger partial charge in [0.05, 0.1) is 6.54 Å². The summed E-state index contributed by atoms with van der Waals surface area (Å²) in [4.78, 5) is 35.8. The first-order chi connectivity index (χ1) is 10.3. The third-order valence-corrected chi connectivity index (χ3v) is 3.12. The van der Waals surface area contributed by atoms with Crippen LogP contribution in [0.25, 0.3) is 0 Å². The zero-order valence-electron chi connectivity index (χ0n) is 12.4. The summed E-state index contributed by atoms with van der Waals surface area (Å²) in [6.45, 7) is 1.64. The highest BCUT2D eigenvalue weighted by molar-refractivity contribution is 5.92. The van der Waals surface area contributed by atoms with Gasteiger partial charge in [-0.25, -0.2) is 9.48 Å². The van der Waals surface area contributed by atoms with Gasteiger partial charge in [0.1, 0.15) is 22.8 Å². The number of carbonyl (C=O) groups is 2. The molecule has 2 heterocycles. The van der Waals surface area contributed by atoms with Crippen LogP contribution in [0.1, 0.15) is 32.4 Å². The Hall–Kier alpha value is -2.90. The Morgan fingerprint density at radius 1 is 1.41 bits per heavy atom. The van der Waals surface area contributed by atoms with Crippen LogP contribution in [0.15, 0.2) is 27.4 Å². The Bertz CT molecular complexity index is 790. The summed E-state index contributed by atoms with van der Waals surface area (Å²) in [5.41, 5.74) is -0.130. The number of amides is 1. The Labute approximate surface area is 125 Å². The summed E-state index contributed by atoms with van der Waals surface area (Å²) in [7, 11) is 2.99. The monoisotopic (exact) mass is 305 g/mol. The number of furan rings is 1. The van der Waals surface area contributed by atoms with Crippen LogP contribution in [0.4, 0.5) is 0 Å². The number of carbonyl (C=O) groups excluding carboxylic acids is 1. The number of carboxylic acid groups (broad SMARTS) is 1. The molecule has 0 atom stereocenters.